The summed E-state index contributed by atoms with van der Waals surface area (Å²) in [6.07, 6.45) is -5.10. The van der Waals surface area contributed by atoms with E-state index in [9.17, 15) is 26.4 Å². The van der Waals surface area contributed by atoms with Crippen molar-refractivity contribution < 1.29 is 26.4 Å². The number of ketones is 1. The second-order valence-corrected chi connectivity index (χ2v) is 7.37. The van der Waals surface area contributed by atoms with Gasteiger partial charge in [-0.1, -0.05) is 30.3 Å². The van der Waals surface area contributed by atoms with E-state index >= 15 is 0 Å². The highest BCUT2D eigenvalue weighted by atomic mass is 32.2. The first-order chi connectivity index (χ1) is 11.6. The number of carbonyl (C=O) groups excluding carboxylic acids is 1. The minimum absolute atomic E-state index is 0.0713. The number of hydrogen-bond donors (Lipinski definition) is 0. The average molecular weight is 371 g/mol. The Labute approximate surface area is 143 Å². The first-order valence-electron chi connectivity index (χ1n) is 7.37. The summed E-state index contributed by atoms with van der Waals surface area (Å²) in [6.45, 7) is 3.05. The maximum Gasteiger partial charge on any atom is 0.454 e. The van der Waals surface area contributed by atoms with Crippen molar-refractivity contribution in [2.24, 2.45) is 0 Å². The van der Waals surface area contributed by atoms with Crippen LogP contribution in [0.4, 0.5) is 18.9 Å². The summed E-state index contributed by atoms with van der Waals surface area (Å²) in [5.74, 6) is -2.09. The third-order valence-electron chi connectivity index (χ3n) is 3.41. The van der Waals surface area contributed by atoms with Crippen molar-refractivity contribution in [1.29, 1.82) is 0 Å². The number of sulfonamides is 1. The molecule has 0 radical (unpaired) electrons. The fraction of sp³-hybridized carbons (Fsp3) is 0.235. The summed E-state index contributed by atoms with van der Waals surface area (Å²) in [7, 11) is -4.14. The van der Waals surface area contributed by atoms with Crippen LogP contribution in [0, 0.1) is 0 Å². The molecule has 2 aromatic rings. The van der Waals surface area contributed by atoms with Crippen molar-refractivity contribution in [3.8, 4) is 0 Å². The van der Waals surface area contributed by atoms with Crippen molar-refractivity contribution in [2.75, 3.05) is 4.31 Å². The zero-order chi connectivity index (χ0) is 18.8. The van der Waals surface area contributed by atoms with Crippen LogP contribution in [0.3, 0.4) is 0 Å². The Hall–Kier alpha value is -2.35. The van der Waals surface area contributed by atoms with Crippen LogP contribution in [0.15, 0.2) is 59.5 Å². The molecule has 0 aliphatic carbocycles. The predicted molar refractivity (Wildman–Crippen MR) is 88.1 cm³/mol. The molecule has 0 amide bonds. The first kappa shape index (κ1) is 19.0. The molecule has 2 rings (SSSR count). The van der Waals surface area contributed by atoms with Gasteiger partial charge in [-0.15, -0.1) is 0 Å². The summed E-state index contributed by atoms with van der Waals surface area (Å²) in [4.78, 5) is 11.7. The van der Waals surface area contributed by atoms with Crippen LogP contribution in [0.5, 0.6) is 0 Å². The van der Waals surface area contributed by atoms with Crippen LogP contribution in [0.25, 0.3) is 0 Å². The molecule has 0 aliphatic rings. The van der Waals surface area contributed by atoms with E-state index in [-0.39, 0.29) is 10.6 Å². The van der Waals surface area contributed by atoms with Gasteiger partial charge in [0.05, 0.1) is 16.1 Å². The third kappa shape index (κ3) is 3.84. The van der Waals surface area contributed by atoms with E-state index in [1.54, 1.807) is 6.07 Å². The van der Waals surface area contributed by atoms with Crippen LogP contribution in [0.2, 0.25) is 0 Å². The lowest BCUT2D eigenvalue weighted by molar-refractivity contribution is -0.0884. The van der Waals surface area contributed by atoms with Gasteiger partial charge in [0, 0.05) is 6.04 Å². The fourth-order valence-corrected chi connectivity index (χ4v) is 4.10. The zero-order valence-electron chi connectivity index (χ0n) is 13.5. The Balaban J connectivity index is 2.67. The van der Waals surface area contributed by atoms with Gasteiger partial charge in [0.1, 0.15) is 0 Å². The second kappa shape index (κ2) is 6.87. The Morgan fingerprint density at radius 1 is 0.960 bits per heavy atom. The number of rotatable bonds is 5. The molecule has 0 fully saturated rings. The lowest BCUT2D eigenvalue weighted by atomic mass is 10.1. The topological polar surface area (TPSA) is 54.5 Å². The Kier molecular flexibility index (Phi) is 5.22. The molecule has 2 aromatic carbocycles. The largest absolute Gasteiger partial charge is 0.454 e. The van der Waals surface area contributed by atoms with E-state index in [2.05, 4.69) is 0 Å². The average Bonchev–Trinajstić information content (AvgIpc) is 2.54. The van der Waals surface area contributed by atoms with Gasteiger partial charge in [-0.2, -0.15) is 13.2 Å². The molecule has 0 unspecified atom stereocenters. The summed E-state index contributed by atoms with van der Waals surface area (Å²) < 4.78 is 65.3. The minimum atomic E-state index is -5.10. The maximum atomic E-state index is 12.9. The zero-order valence-corrected chi connectivity index (χ0v) is 14.3. The van der Waals surface area contributed by atoms with Gasteiger partial charge in [-0.3, -0.25) is 9.10 Å². The lowest BCUT2D eigenvalue weighted by Crippen LogP contribution is -2.38. The quantitative estimate of drug-likeness (QED) is 0.746. The molecule has 0 aliphatic heterocycles. The van der Waals surface area contributed by atoms with Gasteiger partial charge in [0.15, 0.2) is 0 Å². The van der Waals surface area contributed by atoms with E-state index in [1.165, 1.54) is 56.3 Å². The number of nitrogens with zero attached hydrogens (tertiary/aromatic N) is 1. The van der Waals surface area contributed by atoms with Crippen LogP contribution < -0.4 is 4.31 Å². The Morgan fingerprint density at radius 3 is 2.00 bits per heavy atom. The van der Waals surface area contributed by atoms with E-state index in [0.717, 1.165) is 10.4 Å². The van der Waals surface area contributed by atoms with Gasteiger partial charge < -0.3 is 0 Å². The first-order valence-corrected chi connectivity index (χ1v) is 8.81. The molecule has 0 atom stereocenters. The number of para-hydroxylation sites is 1. The highest BCUT2D eigenvalue weighted by molar-refractivity contribution is 7.92. The fourth-order valence-electron chi connectivity index (χ4n) is 2.40. The number of carbonyl (C=O) groups is 1. The van der Waals surface area contributed by atoms with Crippen molar-refractivity contribution in [2.45, 2.75) is 31.0 Å². The van der Waals surface area contributed by atoms with Gasteiger partial charge in [-0.05, 0) is 38.1 Å². The summed E-state index contributed by atoms with van der Waals surface area (Å²) in [5, 5.41) is 0. The van der Waals surface area contributed by atoms with Crippen molar-refractivity contribution >= 4 is 21.5 Å². The molecule has 0 aromatic heterocycles. The van der Waals surface area contributed by atoms with Gasteiger partial charge in [0.2, 0.25) is 0 Å². The summed E-state index contributed by atoms with van der Waals surface area (Å²) in [6, 6.07) is 11.5. The minimum Gasteiger partial charge on any atom is -0.284 e. The monoisotopic (exact) mass is 371 g/mol. The molecule has 0 saturated carbocycles. The normalized spacial score (nSPS) is 12.2. The molecule has 8 heteroatoms. The molecule has 134 valence electrons. The number of anilines is 1. The van der Waals surface area contributed by atoms with E-state index in [1.807, 2.05) is 0 Å². The van der Waals surface area contributed by atoms with Crippen LogP contribution >= 0.6 is 0 Å². The standard InChI is InChI=1S/C17H16F3NO3S/c1-12(2)21(25(23,24)13-8-4-3-5-9-13)15-11-7-6-10-14(15)16(22)17(18,19)20/h3-12H,1-2H3. The maximum absolute atomic E-state index is 12.9. The van der Waals surface area contributed by atoms with Gasteiger partial charge >= 0.3 is 6.18 Å². The highest BCUT2D eigenvalue weighted by Crippen LogP contribution is 2.33. The number of Topliss-reactive ketones (excluding diaryl/α,β-unsaturated/α-hetero) is 1. The third-order valence-corrected chi connectivity index (χ3v) is 5.42. The molecule has 0 bridgehead atoms. The van der Waals surface area contributed by atoms with E-state index in [4.69, 9.17) is 0 Å². The number of hydrogen-bond acceptors (Lipinski definition) is 3. The Morgan fingerprint density at radius 2 is 1.48 bits per heavy atom. The summed E-state index contributed by atoms with van der Waals surface area (Å²) in [5.41, 5.74) is -1.01. The van der Waals surface area contributed by atoms with Gasteiger partial charge in [-0.25, -0.2) is 8.42 Å². The van der Waals surface area contributed by atoms with Crippen LogP contribution in [-0.2, 0) is 10.0 Å². The van der Waals surface area contributed by atoms with E-state index < -0.39 is 33.6 Å². The summed E-state index contributed by atoms with van der Waals surface area (Å²) >= 11 is 0. The molecular weight excluding hydrogens is 355 g/mol. The number of alkyl halides is 3. The molecule has 0 spiro atoms. The van der Waals surface area contributed by atoms with Crippen molar-refractivity contribution in [3.63, 3.8) is 0 Å². The number of benzene rings is 2. The molecule has 0 saturated heterocycles. The van der Waals surface area contributed by atoms with Crippen molar-refractivity contribution in [1.82, 2.24) is 0 Å². The molecular formula is C17H16F3NO3S. The van der Waals surface area contributed by atoms with E-state index in [0.29, 0.717) is 0 Å². The van der Waals surface area contributed by atoms with Crippen LogP contribution in [0.1, 0.15) is 24.2 Å². The number of halogens is 3. The second-order valence-electron chi connectivity index (χ2n) is 5.55. The smallest absolute Gasteiger partial charge is 0.284 e. The molecule has 0 heterocycles. The Bertz CT molecular complexity index is 862. The molecule has 4 nitrogen and oxygen atoms in total. The van der Waals surface area contributed by atoms with Crippen LogP contribution in [-0.4, -0.2) is 26.4 Å². The predicted octanol–water partition coefficient (Wildman–Crippen LogP) is 4.04. The molecule has 25 heavy (non-hydrogen) atoms. The van der Waals surface area contributed by atoms with Crippen molar-refractivity contribution in [3.05, 3.63) is 60.2 Å². The highest BCUT2D eigenvalue weighted by Gasteiger charge is 2.42. The van der Waals surface area contributed by atoms with Gasteiger partial charge in [0.25, 0.3) is 15.8 Å². The molecule has 0 N–H and O–H groups in total. The SMILES string of the molecule is CC(C)N(c1ccccc1C(=O)C(F)(F)F)S(=O)(=O)c1ccccc1. The lowest BCUT2D eigenvalue weighted by Gasteiger charge is -2.30.